The molecular formula is C21H29N3O2. The largest absolute Gasteiger partial charge is 0.497 e. The number of aryl methyl sites for hydroxylation is 1. The standard InChI is InChI=1S/C21H29N3O2/c1-17-6-10-20(11-7-17)26-15-5-4-14-23-21(22-2)24-16-18-8-12-19(25-3)13-9-18/h6-13H,4-5,14-16H2,1-3H3,(H2,22,23,24). The van der Waals surface area contributed by atoms with Crippen molar-refractivity contribution in [2.75, 3.05) is 27.3 Å². The maximum absolute atomic E-state index is 5.73. The monoisotopic (exact) mass is 355 g/mol. The molecule has 2 aromatic rings. The normalized spacial score (nSPS) is 11.1. The second-order valence-electron chi connectivity index (χ2n) is 6.07. The van der Waals surface area contributed by atoms with Crippen LogP contribution in [0.2, 0.25) is 0 Å². The number of aliphatic imine (C=N–C) groups is 1. The number of unbranched alkanes of at least 4 members (excludes halogenated alkanes) is 1. The van der Waals surface area contributed by atoms with Gasteiger partial charge in [0, 0.05) is 20.1 Å². The Labute approximate surface area is 156 Å². The van der Waals surface area contributed by atoms with E-state index in [1.54, 1.807) is 14.2 Å². The second-order valence-corrected chi connectivity index (χ2v) is 6.07. The fraction of sp³-hybridized carbons (Fsp3) is 0.381. The van der Waals surface area contributed by atoms with E-state index < -0.39 is 0 Å². The molecule has 0 fully saturated rings. The molecule has 0 unspecified atom stereocenters. The van der Waals surface area contributed by atoms with Gasteiger partial charge in [0.15, 0.2) is 5.96 Å². The first-order valence-electron chi connectivity index (χ1n) is 8.98. The summed E-state index contributed by atoms with van der Waals surface area (Å²) in [7, 11) is 3.45. The summed E-state index contributed by atoms with van der Waals surface area (Å²) in [6.07, 6.45) is 2.02. The van der Waals surface area contributed by atoms with Crippen LogP contribution in [0.3, 0.4) is 0 Å². The molecular weight excluding hydrogens is 326 g/mol. The van der Waals surface area contributed by atoms with Crippen LogP contribution >= 0.6 is 0 Å². The van der Waals surface area contributed by atoms with Gasteiger partial charge in [-0.3, -0.25) is 4.99 Å². The fourth-order valence-corrected chi connectivity index (χ4v) is 2.41. The van der Waals surface area contributed by atoms with Gasteiger partial charge in [0.1, 0.15) is 11.5 Å². The molecule has 5 heteroatoms. The van der Waals surface area contributed by atoms with Gasteiger partial charge in [-0.05, 0) is 49.6 Å². The van der Waals surface area contributed by atoms with Gasteiger partial charge < -0.3 is 20.1 Å². The minimum Gasteiger partial charge on any atom is -0.497 e. The Hall–Kier alpha value is -2.69. The molecule has 0 saturated heterocycles. The quantitative estimate of drug-likeness (QED) is 0.410. The van der Waals surface area contributed by atoms with Crippen LogP contribution in [-0.4, -0.2) is 33.3 Å². The zero-order chi connectivity index (χ0) is 18.6. The lowest BCUT2D eigenvalue weighted by Crippen LogP contribution is -2.37. The number of rotatable bonds is 9. The van der Waals surface area contributed by atoms with E-state index in [0.29, 0.717) is 0 Å². The fourth-order valence-electron chi connectivity index (χ4n) is 2.41. The van der Waals surface area contributed by atoms with Gasteiger partial charge in [-0.25, -0.2) is 0 Å². The lowest BCUT2D eigenvalue weighted by atomic mass is 10.2. The van der Waals surface area contributed by atoms with E-state index in [9.17, 15) is 0 Å². The summed E-state index contributed by atoms with van der Waals surface area (Å²) in [5.41, 5.74) is 2.43. The van der Waals surface area contributed by atoms with Crippen molar-refractivity contribution in [2.24, 2.45) is 4.99 Å². The summed E-state index contributed by atoms with van der Waals surface area (Å²) in [5, 5.41) is 6.64. The Morgan fingerprint density at radius 2 is 1.62 bits per heavy atom. The highest BCUT2D eigenvalue weighted by Crippen LogP contribution is 2.12. The third kappa shape index (κ3) is 7.05. The number of nitrogens with zero attached hydrogens (tertiary/aromatic N) is 1. The lowest BCUT2D eigenvalue weighted by Gasteiger charge is -2.12. The average Bonchev–Trinajstić information content (AvgIpc) is 2.68. The van der Waals surface area contributed by atoms with Crippen molar-refractivity contribution in [1.29, 1.82) is 0 Å². The van der Waals surface area contributed by atoms with Crippen LogP contribution in [0.25, 0.3) is 0 Å². The van der Waals surface area contributed by atoms with Crippen molar-refractivity contribution < 1.29 is 9.47 Å². The van der Waals surface area contributed by atoms with Gasteiger partial charge in [-0.1, -0.05) is 29.8 Å². The molecule has 5 nitrogen and oxygen atoms in total. The molecule has 2 N–H and O–H groups in total. The van der Waals surface area contributed by atoms with E-state index in [-0.39, 0.29) is 0 Å². The number of benzene rings is 2. The minimum absolute atomic E-state index is 0.722. The molecule has 0 saturated carbocycles. The van der Waals surface area contributed by atoms with Crippen LogP contribution in [0.1, 0.15) is 24.0 Å². The smallest absolute Gasteiger partial charge is 0.191 e. The molecule has 0 amide bonds. The molecule has 26 heavy (non-hydrogen) atoms. The Morgan fingerprint density at radius 3 is 2.27 bits per heavy atom. The Kier molecular flexibility index (Phi) is 8.33. The summed E-state index contributed by atoms with van der Waals surface area (Å²) in [4.78, 5) is 4.25. The highest BCUT2D eigenvalue weighted by atomic mass is 16.5. The Bertz CT molecular complexity index is 667. The number of hydrogen-bond donors (Lipinski definition) is 2. The number of ether oxygens (including phenoxy) is 2. The molecule has 0 spiro atoms. The van der Waals surface area contributed by atoms with Crippen molar-refractivity contribution in [1.82, 2.24) is 10.6 Å². The van der Waals surface area contributed by atoms with E-state index in [0.717, 1.165) is 50.0 Å². The maximum Gasteiger partial charge on any atom is 0.191 e. The van der Waals surface area contributed by atoms with Crippen LogP contribution in [0, 0.1) is 6.92 Å². The molecule has 0 heterocycles. The number of hydrogen-bond acceptors (Lipinski definition) is 3. The SMILES string of the molecule is CN=C(NCCCCOc1ccc(C)cc1)NCc1ccc(OC)cc1. The second kappa shape index (κ2) is 11.0. The Balaban J connectivity index is 1.58. The molecule has 0 atom stereocenters. The van der Waals surface area contributed by atoms with Gasteiger partial charge in [0.2, 0.25) is 0 Å². The molecule has 0 radical (unpaired) electrons. The van der Waals surface area contributed by atoms with E-state index in [2.05, 4.69) is 34.7 Å². The third-order valence-electron chi connectivity index (χ3n) is 4.00. The highest BCUT2D eigenvalue weighted by molar-refractivity contribution is 5.79. The summed E-state index contributed by atoms with van der Waals surface area (Å²) in [5.74, 6) is 2.60. The van der Waals surface area contributed by atoms with E-state index in [1.807, 2.05) is 36.4 Å². The number of nitrogens with one attached hydrogen (secondary N) is 2. The third-order valence-corrected chi connectivity index (χ3v) is 4.00. The zero-order valence-corrected chi connectivity index (χ0v) is 15.9. The Morgan fingerprint density at radius 1 is 0.923 bits per heavy atom. The van der Waals surface area contributed by atoms with Crippen molar-refractivity contribution in [2.45, 2.75) is 26.3 Å². The van der Waals surface area contributed by atoms with Crippen LogP contribution < -0.4 is 20.1 Å². The van der Waals surface area contributed by atoms with Crippen molar-refractivity contribution >= 4 is 5.96 Å². The predicted molar refractivity (Wildman–Crippen MR) is 107 cm³/mol. The summed E-state index contributed by atoms with van der Waals surface area (Å²) in [6.45, 7) is 4.38. The first-order chi connectivity index (χ1) is 12.7. The van der Waals surface area contributed by atoms with E-state index >= 15 is 0 Å². The first kappa shape index (κ1) is 19.6. The van der Waals surface area contributed by atoms with Gasteiger partial charge in [0.25, 0.3) is 0 Å². The molecule has 0 aliphatic rings. The van der Waals surface area contributed by atoms with Crippen LogP contribution in [0.5, 0.6) is 11.5 Å². The van der Waals surface area contributed by atoms with Crippen LogP contribution in [0.4, 0.5) is 0 Å². The first-order valence-corrected chi connectivity index (χ1v) is 8.98. The van der Waals surface area contributed by atoms with Gasteiger partial charge in [-0.2, -0.15) is 0 Å². The lowest BCUT2D eigenvalue weighted by molar-refractivity contribution is 0.307. The summed E-state index contributed by atoms with van der Waals surface area (Å²) >= 11 is 0. The van der Waals surface area contributed by atoms with Gasteiger partial charge in [0.05, 0.1) is 13.7 Å². The maximum atomic E-state index is 5.73. The molecule has 0 aromatic heterocycles. The van der Waals surface area contributed by atoms with E-state index in [4.69, 9.17) is 9.47 Å². The molecule has 0 bridgehead atoms. The van der Waals surface area contributed by atoms with Crippen molar-refractivity contribution in [3.05, 3.63) is 59.7 Å². The van der Waals surface area contributed by atoms with Crippen molar-refractivity contribution in [3.63, 3.8) is 0 Å². The van der Waals surface area contributed by atoms with Crippen molar-refractivity contribution in [3.8, 4) is 11.5 Å². The zero-order valence-electron chi connectivity index (χ0n) is 15.9. The topological polar surface area (TPSA) is 54.9 Å². The number of guanidine groups is 1. The van der Waals surface area contributed by atoms with Crippen LogP contribution in [-0.2, 0) is 6.54 Å². The molecule has 140 valence electrons. The molecule has 2 aromatic carbocycles. The predicted octanol–water partition coefficient (Wildman–Crippen LogP) is 3.53. The van der Waals surface area contributed by atoms with E-state index in [1.165, 1.54) is 11.1 Å². The van der Waals surface area contributed by atoms with Gasteiger partial charge >= 0.3 is 0 Å². The summed E-state index contributed by atoms with van der Waals surface area (Å²) in [6, 6.07) is 16.2. The van der Waals surface area contributed by atoms with Crippen LogP contribution in [0.15, 0.2) is 53.5 Å². The molecule has 0 aliphatic heterocycles. The summed E-state index contributed by atoms with van der Waals surface area (Å²) < 4.78 is 10.9. The minimum atomic E-state index is 0.722. The highest BCUT2D eigenvalue weighted by Gasteiger charge is 1.99. The molecule has 2 rings (SSSR count). The average molecular weight is 355 g/mol. The number of methoxy groups -OCH3 is 1. The van der Waals surface area contributed by atoms with Gasteiger partial charge in [-0.15, -0.1) is 0 Å². The molecule has 0 aliphatic carbocycles.